The van der Waals surface area contributed by atoms with Crippen molar-refractivity contribution in [1.82, 2.24) is 14.9 Å². The molecule has 0 aliphatic carbocycles. The minimum absolute atomic E-state index is 0.165. The molecule has 23 heavy (non-hydrogen) atoms. The lowest BCUT2D eigenvalue weighted by Gasteiger charge is -2.31. The molecule has 0 radical (unpaired) electrons. The van der Waals surface area contributed by atoms with E-state index in [2.05, 4.69) is 10.3 Å². The van der Waals surface area contributed by atoms with Gasteiger partial charge in [0, 0.05) is 37.7 Å². The maximum absolute atomic E-state index is 11.9. The number of morpholine rings is 1. The number of esters is 1. The number of hydrogen-bond acceptors (Lipinski definition) is 6. The average molecular weight is 325 g/mol. The van der Waals surface area contributed by atoms with Crippen molar-refractivity contribution in [1.29, 1.82) is 0 Å². The number of carbonyl (C=O) groups excluding carboxylic acids is 1. The van der Waals surface area contributed by atoms with Crippen LogP contribution in [0.25, 0.3) is 0 Å². The third-order valence-corrected chi connectivity index (χ3v) is 3.65. The van der Waals surface area contributed by atoms with Crippen molar-refractivity contribution in [2.24, 2.45) is 0 Å². The number of H-pyrrole nitrogens is 1. The Morgan fingerprint density at radius 2 is 2.22 bits per heavy atom. The maximum atomic E-state index is 11.9. The molecule has 1 aromatic rings. The van der Waals surface area contributed by atoms with Gasteiger partial charge in [-0.2, -0.15) is 0 Å². The van der Waals surface area contributed by atoms with Gasteiger partial charge in [-0.25, -0.2) is 4.79 Å². The van der Waals surface area contributed by atoms with Gasteiger partial charge in [0.05, 0.1) is 12.7 Å². The molecule has 128 valence electrons. The second kappa shape index (κ2) is 8.07. The number of rotatable bonds is 6. The van der Waals surface area contributed by atoms with Crippen LogP contribution in [0.2, 0.25) is 0 Å². The number of ether oxygens (including phenoxy) is 2. The Hall–Kier alpha value is -1.93. The molecule has 1 aromatic heterocycles. The standard InChI is InChI=1S/C15H23N3O5/c1-3-4-13(19)22-6-5-11-7-16-8-12(23-11)18-9-10(2)14(20)17-15(18)21/h9,11-12,16H,3-8H2,1-2H3,(H,17,20,21)/t11-,12+/m0/s1. The van der Waals surface area contributed by atoms with Gasteiger partial charge in [0.1, 0.15) is 0 Å². The molecule has 2 heterocycles. The predicted molar refractivity (Wildman–Crippen MR) is 83.3 cm³/mol. The third-order valence-electron chi connectivity index (χ3n) is 3.65. The second-order valence-corrected chi connectivity index (χ2v) is 5.61. The van der Waals surface area contributed by atoms with Crippen LogP contribution in [-0.2, 0) is 14.3 Å². The van der Waals surface area contributed by atoms with Crippen LogP contribution >= 0.6 is 0 Å². The van der Waals surface area contributed by atoms with Crippen LogP contribution in [-0.4, -0.2) is 41.3 Å². The summed E-state index contributed by atoms with van der Waals surface area (Å²) in [6.45, 7) is 4.94. The lowest BCUT2D eigenvalue weighted by Crippen LogP contribution is -2.46. The van der Waals surface area contributed by atoms with Crippen LogP contribution in [0.3, 0.4) is 0 Å². The molecule has 0 aromatic carbocycles. The third kappa shape index (κ3) is 4.77. The van der Waals surface area contributed by atoms with Gasteiger partial charge in [-0.05, 0) is 13.3 Å². The molecular formula is C15H23N3O5. The molecule has 2 atom stereocenters. The Labute approximate surface area is 133 Å². The maximum Gasteiger partial charge on any atom is 0.330 e. The van der Waals surface area contributed by atoms with E-state index in [0.717, 1.165) is 6.42 Å². The number of aryl methyl sites for hydroxylation is 1. The Bertz CT molecular complexity index is 651. The van der Waals surface area contributed by atoms with E-state index in [0.29, 0.717) is 31.5 Å². The van der Waals surface area contributed by atoms with Crippen LogP contribution < -0.4 is 16.6 Å². The minimum Gasteiger partial charge on any atom is -0.466 e. The van der Waals surface area contributed by atoms with Crippen LogP contribution in [0.1, 0.15) is 38.0 Å². The van der Waals surface area contributed by atoms with E-state index in [4.69, 9.17) is 9.47 Å². The first-order valence-corrected chi connectivity index (χ1v) is 7.85. The molecule has 1 saturated heterocycles. The summed E-state index contributed by atoms with van der Waals surface area (Å²) in [6.07, 6.45) is 2.56. The van der Waals surface area contributed by atoms with E-state index in [9.17, 15) is 14.4 Å². The smallest absolute Gasteiger partial charge is 0.330 e. The summed E-state index contributed by atoms with van der Waals surface area (Å²) >= 11 is 0. The molecular weight excluding hydrogens is 302 g/mol. The molecule has 8 nitrogen and oxygen atoms in total. The number of aromatic amines is 1. The van der Waals surface area contributed by atoms with Crippen molar-refractivity contribution < 1.29 is 14.3 Å². The summed E-state index contributed by atoms with van der Waals surface area (Å²) in [4.78, 5) is 36.9. The fourth-order valence-corrected chi connectivity index (χ4v) is 2.40. The van der Waals surface area contributed by atoms with Gasteiger partial charge < -0.3 is 14.8 Å². The van der Waals surface area contributed by atoms with Gasteiger partial charge >= 0.3 is 11.7 Å². The van der Waals surface area contributed by atoms with Gasteiger partial charge in [0.25, 0.3) is 5.56 Å². The van der Waals surface area contributed by atoms with Gasteiger partial charge in [0.15, 0.2) is 6.23 Å². The zero-order valence-corrected chi connectivity index (χ0v) is 13.5. The van der Waals surface area contributed by atoms with Crippen LogP contribution in [0.5, 0.6) is 0 Å². The molecule has 0 amide bonds. The second-order valence-electron chi connectivity index (χ2n) is 5.61. The monoisotopic (exact) mass is 325 g/mol. The van der Waals surface area contributed by atoms with E-state index < -0.39 is 17.5 Å². The Kier molecular flexibility index (Phi) is 6.12. The summed E-state index contributed by atoms with van der Waals surface area (Å²) in [5, 5.41) is 3.19. The van der Waals surface area contributed by atoms with Crippen LogP contribution in [0, 0.1) is 6.92 Å². The average Bonchev–Trinajstić information content (AvgIpc) is 2.51. The fraction of sp³-hybridized carbons (Fsp3) is 0.667. The van der Waals surface area contributed by atoms with Gasteiger partial charge in [-0.1, -0.05) is 6.92 Å². The first-order chi connectivity index (χ1) is 11.0. The minimum atomic E-state index is -0.498. The van der Waals surface area contributed by atoms with Crippen molar-refractivity contribution in [3.63, 3.8) is 0 Å². The van der Waals surface area contributed by atoms with Crippen molar-refractivity contribution in [3.05, 3.63) is 32.6 Å². The molecule has 0 saturated carbocycles. The highest BCUT2D eigenvalue weighted by atomic mass is 16.5. The summed E-state index contributed by atoms with van der Waals surface area (Å²) in [5.74, 6) is -0.208. The van der Waals surface area contributed by atoms with Crippen molar-refractivity contribution in [3.8, 4) is 0 Å². The molecule has 1 aliphatic rings. The van der Waals surface area contributed by atoms with E-state index in [-0.39, 0.29) is 18.7 Å². The van der Waals surface area contributed by atoms with Crippen molar-refractivity contribution in [2.45, 2.75) is 45.4 Å². The lowest BCUT2D eigenvalue weighted by molar-refractivity contribution is -0.146. The van der Waals surface area contributed by atoms with E-state index >= 15 is 0 Å². The van der Waals surface area contributed by atoms with E-state index in [1.165, 1.54) is 10.8 Å². The summed E-state index contributed by atoms with van der Waals surface area (Å²) < 4.78 is 12.4. The molecule has 1 fully saturated rings. The molecule has 0 bridgehead atoms. The van der Waals surface area contributed by atoms with Crippen molar-refractivity contribution in [2.75, 3.05) is 19.7 Å². The highest BCUT2D eigenvalue weighted by Gasteiger charge is 2.24. The van der Waals surface area contributed by atoms with Gasteiger partial charge in [0.2, 0.25) is 0 Å². The van der Waals surface area contributed by atoms with Crippen molar-refractivity contribution >= 4 is 5.97 Å². The lowest BCUT2D eigenvalue weighted by atomic mass is 10.2. The predicted octanol–water partition coefficient (Wildman–Crippen LogP) is 0.0654. The fourth-order valence-electron chi connectivity index (χ4n) is 2.40. The highest BCUT2D eigenvalue weighted by Crippen LogP contribution is 2.15. The molecule has 0 spiro atoms. The summed E-state index contributed by atoms with van der Waals surface area (Å²) in [5.41, 5.74) is -0.444. The summed E-state index contributed by atoms with van der Waals surface area (Å²) in [6, 6.07) is 0. The number of nitrogens with one attached hydrogen (secondary N) is 2. The Morgan fingerprint density at radius 3 is 2.96 bits per heavy atom. The normalized spacial score (nSPS) is 21.1. The van der Waals surface area contributed by atoms with E-state index in [1.807, 2.05) is 6.92 Å². The molecule has 1 aliphatic heterocycles. The largest absolute Gasteiger partial charge is 0.466 e. The van der Waals surface area contributed by atoms with Crippen LogP contribution in [0.4, 0.5) is 0 Å². The topological polar surface area (TPSA) is 102 Å². The Balaban J connectivity index is 1.93. The molecule has 8 heteroatoms. The number of carbonyl (C=O) groups is 1. The van der Waals surface area contributed by atoms with Gasteiger partial charge in [-0.3, -0.25) is 19.1 Å². The van der Waals surface area contributed by atoms with Gasteiger partial charge in [-0.15, -0.1) is 0 Å². The number of aromatic nitrogens is 2. The molecule has 2 N–H and O–H groups in total. The first kappa shape index (κ1) is 17.4. The first-order valence-electron chi connectivity index (χ1n) is 7.85. The molecule has 2 rings (SSSR count). The quantitative estimate of drug-likeness (QED) is 0.717. The number of nitrogens with zero attached hydrogens (tertiary/aromatic N) is 1. The summed E-state index contributed by atoms with van der Waals surface area (Å²) in [7, 11) is 0. The van der Waals surface area contributed by atoms with Crippen LogP contribution in [0.15, 0.2) is 15.8 Å². The Morgan fingerprint density at radius 1 is 1.43 bits per heavy atom. The zero-order valence-electron chi connectivity index (χ0n) is 13.5. The van der Waals surface area contributed by atoms with E-state index in [1.54, 1.807) is 6.92 Å². The number of hydrogen-bond donors (Lipinski definition) is 2. The molecule has 0 unspecified atom stereocenters. The highest BCUT2D eigenvalue weighted by molar-refractivity contribution is 5.69. The zero-order chi connectivity index (χ0) is 16.8. The SMILES string of the molecule is CCCC(=O)OCC[C@H]1CNC[C@H](n2cc(C)c(=O)[nH]c2=O)O1.